The maximum absolute atomic E-state index is 13.3. The minimum absolute atomic E-state index is 0.00317. The number of aliphatic hydroxyl groups is 1. The van der Waals surface area contributed by atoms with Crippen molar-refractivity contribution in [1.82, 2.24) is 5.32 Å². The molecule has 1 saturated carbocycles. The van der Waals surface area contributed by atoms with Crippen LogP contribution >= 0.6 is 0 Å². The number of nitrogens with one attached hydrogen (secondary N) is 1. The van der Waals surface area contributed by atoms with Gasteiger partial charge in [-0.2, -0.15) is 0 Å². The number of ketones is 2. The third-order valence-electron chi connectivity index (χ3n) is 8.53. The lowest BCUT2D eigenvalue weighted by Gasteiger charge is -2.44. The number of carbonyl (C=O) groups is 2. The molecule has 186 valence electrons. The number of rotatable bonds is 8. The monoisotopic (exact) mass is 467 g/mol. The van der Waals surface area contributed by atoms with Crippen molar-refractivity contribution < 1.29 is 19.4 Å². The molecular formula is C29H41NO4. The van der Waals surface area contributed by atoms with Crippen molar-refractivity contribution in [3.8, 4) is 5.75 Å². The van der Waals surface area contributed by atoms with E-state index in [1.54, 1.807) is 14.0 Å². The molecule has 0 spiro atoms. The summed E-state index contributed by atoms with van der Waals surface area (Å²) in [6, 6.07) is 8.32. The molecule has 1 aromatic rings. The maximum atomic E-state index is 13.3. The van der Waals surface area contributed by atoms with Crippen LogP contribution in [0.2, 0.25) is 0 Å². The molecule has 4 unspecified atom stereocenters. The van der Waals surface area contributed by atoms with Crippen molar-refractivity contribution in [2.24, 2.45) is 29.1 Å². The number of methoxy groups -OCH3 is 1. The fraction of sp³-hybridized carbons (Fsp3) is 0.655. The van der Waals surface area contributed by atoms with E-state index in [-0.39, 0.29) is 41.5 Å². The Morgan fingerprint density at radius 3 is 2.41 bits per heavy atom. The summed E-state index contributed by atoms with van der Waals surface area (Å²) in [5.74, 6) is 0.739. The van der Waals surface area contributed by atoms with Crippen LogP contribution in [0.15, 0.2) is 35.5 Å². The van der Waals surface area contributed by atoms with Crippen LogP contribution in [-0.2, 0) is 16.0 Å². The molecule has 2 aliphatic carbocycles. The summed E-state index contributed by atoms with van der Waals surface area (Å²) in [6.07, 6.45) is 7.62. The molecule has 0 radical (unpaired) electrons. The molecule has 4 atom stereocenters. The first kappa shape index (κ1) is 25.0. The lowest BCUT2D eigenvalue weighted by Crippen LogP contribution is -2.52. The van der Waals surface area contributed by atoms with Crippen LogP contribution in [-0.4, -0.2) is 36.4 Å². The van der Waals surface area contributed by atoms with Crippen molar-refractivity contribution in [2.45, 2.75) is 78.2 Å². The Labute approximate surface area is 204 Å². The standard InChI is InChI=1S/C29H41NO4/c1-18(2)13-23-26-24(28(33)19(3)27(23)32)15-21(14-20-7-9-22(34-4)10-8-20)25(30-26)16-29(17-31)11-5-6-12-29/h7-10,18-19,21,23,25,30-31H,5-6,11-17H2,1-4H3. The van der Waals surface area contributed by atoms with Crippen LogP contribution in [0.3, 0.4) is 0 Å². The van der Waals surface area contributed by atoms with E-state index in [1.807, 2.05) is 12.1 Å². The summed E-state index contributed by atoms with van der Waals surface area (Å²) in [6.45, 7) is 6.27. The average molecular weight is 468 g/mol. The summed E-state index contributed by atoms with van der Waals surface area (Å²) in [5.41, 5.74) is 2.90. The topological polar surface area (TPSA) is 75.6 Å². The number of hydrogen-bond acceptors (Lipinski definition) is 5. The number of Topliss-reactive ketones (excluding diaryl/α,β-unsaturated/α-hetero) is 2. The summed E-state index contributed by atoms with van der Waals surface area (Å²) in [5, 5.41) is 14.1. The molecule has 2 N–H and O–H groups in total. The van der Waals surface area contributed by atoms with Crippen LogP contribution in [0.25, 0.3) is 0 Å². The van der Waals surface area contributed by atoms with Gasteiger partial charge >= 0.3 is 0 Å². The second kappa shape index (κ2) is 10.2. The smallest absolute Gasteiger partial charge is 0.170 e. The van der Waals surface area contributed by atoms with E-state index in [9.17, 15) is 14.7 Å². The quantitative estimate of drug-likeness (QED) is 0.534. The second-order valence-electron chi connectivity index (χ2n) is 11.4. The summed E-state index contributed by atoms with van der Waals surface area (Å²) in [7, 11) is 1.67. The predicted molar refractivity (Wildman–Crippen MR) is 133 cm³/mol. The average Bonchev–Trinajstić information content (AvgIpc) is 3.30. The highest BCUT2D eigenvalue weighted by Crippen LogP contribution is 2.46. The molecule has 5 heteroatoms. The Kier molecular flexibility index (Phi) is 7.51. The number of benzene rings is 1. The van der Waals surface area contributed by atoms with Crippen LogP contribution < -0.4 is 10.1 Å². The van der Waals surface area contributed by atoms with Gasteiger partial charge in [-0.15, -0.1) is 0 Å². The summed E-state index contributed by atoms with van der Waals surface area (Å²) >= 11 is 0. The van der Waals surface area contributed by atoms with E-state index in [4.69, 9.17) is 4.74 Å². The minimum atomic E-state index is -0.555. The van der Waals surface area contributed by atoms with Gasteiger partial charge in [0.25, 0.3) is 0 Å². The summed E-state index contributed by atoms with van der Waals surface area (Å²) < 4.78 is 5.32. The zero-order chi connectivity index (χ0) is 24.5. The predicted octanol–water partition coefficient (Wildman–Crippen LogP) is 4.86. The summed E-state index contributed by atoms with van der Waals surface area (Å²) in [4.78, 5) is 26.5. The third-order valence-corrected chi connectivity index (χ3v) is 8.53. The van der Waals surface area contributed by atoms with Gasteiger partial charge in [0.1, 0.15) is 5.75 Å². The molecule has 0 bridgehead atoms. The van der Waals surface area contributed by atoms with Crippen molar-refractivity contribution >= 4 is 11.6 Å². The number of allylic oxidation sites excluding steroid dienone is 2. The van der Waals surface area contributed by atoms with E-state index in [1.165, 1.54) is 5.56 Å². The highest BCUT2D eigenvalue weighted by Gasteiger charge is 2.47. The van der Waals surface area contributed by atoms with Gasteiger partial charge in [-0.05, 0) is 80.4 Å². The first-order chi connectivity index (χ1) is 16.3. The Morgan fingerprint density at radius 1 is 1.15 bits per heavy atom. The van der Waals surface area contributed by atoms with E-state index in [0.717, 1.165) is 62.0 Å². The number of ether oxygens (including phenoxy) is 1. The minimum Gasteiger partial charge on any atom is -0.497 e. The first-order valence-electron chi connectivity index (χ1n) is 13.1. The van der Waals surface area contributed by atoms with E-state index >= 15 is 0 Å². The van der Waals surface area contributed by atoms with Gasteiger partial charge < -0.3 is 15.2 Å². The van der Waals surface area contributed by atoms with Gasteiger partial charge in [0.15, 0.2) is 11.6 Å². The van der Waals surface area contributed by atoms with Gasteiger partial charge in [-0.3, -0.25) is 9.59 Å². The molecular weight excluding hydrogens is 426 g/mol. The number of aliphatic hydroxyl groups excluding tert-OH is 1. The number of hydrogen-bond donors (Lipinski definition) is 2. The van der Waals surface area contributed by atoms with E-state index in [2.05, 4.69) is 31.3 Å². The highest BCUT2D eigenvalue weighted by molar-refractivity contribution is 6.14. The molecule has 3 aliphatic rings. The molecule has 4 rings (SSSR count). The molecule has 0 amide bonds. The molecule has 1 aliphatic heterocycles. The fourth-order valence-electron chi connectivity index (χ4n) is 6.52. The second-order valence-corrected chi connectivity index (χ2v) is 11.4. The SMILES string of the molecule is COc1ccc(CC2CC3=C(NC2CC2(CO)CCCC2)C(CC(C)C)C(=O)C(C)C3=O)cc1. The Bertz CT molecular complexity index is 926. The van der Waals surface area contributed by atoms with Gasteiger partial charge in [-0.1, -0.05) is 38.8 Å². The lowest BCUT2D eigenvalue weighted by atomic mass is 9.67. The normalized spacial score (nSPS) is 28.8. The van der Waals surface area contributed by atoms with Gasteiger partial charge in [-0.25, -0.2) is 0 Å². The maximum Gasteiger partial charge on any atom is 0.170 e. The van der Waals surface area contributed by atoms with Gasteiger partial charge in [0, 0.05) is 23.9 Å². The molecule has 0 saturated heterocycles. The fourth-order valence-corrected chi connectivity index (χ4v) is 6.52. The van der Waals surface area contributed by atoms with E-state index < -0.39 is 5.92 Å². The van der Waals surface area contributed by atoms with Gasteiger partial charge in [0.2, 0.25) is 0 Å². The first-order valence-corrected chi connectivity index (χ1v) is 13.1. The van der Waals surface area contributed by atoms with Crippen molar-refractivity contribution in [3.05, 3.63) is 41.1 Å². The molecule has 1 heterocycles. The number of carbonyl (C=O) groups excluding carboxylic acids is 2. The highest BCUT2D eigenvalue weighted by atomic mass is 16.5. The Morgan fingerprint density at radius 2 is 1.82 bits per heavy atom. The zero-order valence-corrected chi connectivity index (χ0v) is 21.2. The molecule has 1 aromatic carbocycles. The Hall–Kier alpha value is -2.14. The molecule has 0 aromatic heterocycles. The Balaban J connectivity index is 1.68. The van der Waals surface area contributed by atoms with Crippen LogP contribution in [0.5, 0.6) is 5.75 Å². The lowest BCUT2D eigenvalue weighted by molar-refractivity contribution is -0.134. The zero-order valence-electron chi connectivity index (χ0n) is 21.2. The van der Waals surface area contributed by atoms with Crippen molar-refractivity contribution in [3.63, 3.8) is 0 Å². The molecule has 1 fully saturated rings. The van der Waals surface area contributed by atoms with Crippen molar-refractivity contribution in [1.29, 1.82) is 0 Å². The van der Waals surface area contributed by atoms with Gasteiger partial charge in [0.05, 0.1) is 18.9 Å². The largest absolute Gasteiger partial charge is 0.497 e. The molecule has 34 heavy (non-hydrogen) atoms. The van der Waals surface area contributed by atoms with Crippen LogP contribution in [0.1, 0.15) is 71.3 Å². The third kappa shape index (κ3) is 4.95. The van der Waals surface area contributed by atoms with Crippen molar-refractivity contribution in [2.75, 3.05) is 13.7 Å². The molecule has 5 nitrogen and oxygen atoms in total. The van der Waals surface area contributed by atoms with E-state index in [0.29, 0.717) is 12.3 Å². The van der Waals surface area contributed by atoms with Crippen LogP contribution in [0, 0.1) is 29.1 Å². The van der Waals surface area contributed by atoms with Crippen LogP contribution in [0.4, 0.5) is 0 Å².